The van der Waals surface area contributed by atoms with E-state index in [1.54, 1.807) is 18.2 Å². The molecular weight excluding hydrogens is 506 g/mol. The van der Waals surface area contributed by atoms with Gasteiger partial charge in [0.25, 0.3) is 16.8 Å². The van der Waals surface area contributed by atoms with Crippen LogP contribution in [-0.4, -0.2) is 25.5 Å². The number of nitro benzene ring substituents is 1. The van der Waals surface area contributed by atoms with Crippen LogP contribution in [0.3, 0.4) is 0 Å². The van der Waals surface area contributed by atoms with Crippen LogP contribution in [-0.2, 0) is 11.3 Å². The van der Waals surface area contributed by atoms with Gasteiger partial charge in [0, 0.05) is 33.7 Å². The van der Waals surface area contributed by atoms with Gasteiger partial charge in [0.2, 0.25) is 0 Å². The van der Waals surface area contributed by atoms with Gasteiger partial charge >= 0.3 is 0 Å². The van der Waals surface area contributed by atoms with Crippen molar-refractivity contribution in [3.63, 3.8) is 0 Å². The number of thioether (sulfide) groups is 1. The van der Waals surface area contributed by atoms with Crippen molar-refractivity contribution in [1.82, 2.24) is 9.47 Å². The Kier molecular flexibility index (Phi) is 6.27. The van der Waals surface area contributed by atoms with E-state index < -0.39 is 4.92 Å². The summed E-state index contributed by atoms with van der Waals surface area (Å²) in [7, 11) is 0. The maximum atomic E-state index is 13.0. The van der Waals surface area contributed by atoms with E-state index in [-0.39, 0.29) is 23.4 Å². The smallest absolute Gasteiger partial charge is 0.293 e. The number of hydrogen-bond donors (Lipinski definition) is 0. The monoisotopic (exact) mass is 525 g/mol. The number of carbonyl (C=O) groups is 2. The van der Waals surface area contributed by atoms with Crippen LogP contribution in [0, 0.1) is 30.9 Å². The van der Waals surface area contributed by atoms with Gasteiger partial charge in [-0.3, -0.25) is 24.6 Å². The molecule has 1 fully saturated rings. The predicted octanol–water partition coefficient (Wildman–Crippen LogP) is 6.31. The molecule has 1 aromatic heterocycles. The summed E-state index contributed by atoms with van der Waals surface area (Å²) >= 11 is 4.43. The zero-order valence-corrected chi connectivity index (χ0v) is 20.6. The Morgan fingerprint density at radius 2 is 1.76 bits per heavy atom. The minimum Gasteiger partial charge on any atom is -0.318 e. The van der Waals surface area contributed by atoms with E-state index in [0.29, 0.717) is 10.5 Å². The number of imide groups is 1. The fourth-order valence-electron chi connectivity index (χ4n) is 3.78. The lowest BCUT2D eigenvalue weighted by Crippen LogP contribution is -2.27. The third-order valence-electron chi connectivity index (χ3n) is 5.52. The maximum Gasteiger partial charge on any atom is 0.293 e. The van der Waals surface area contributed by atoms with E-state index in [1.807, 2.05) is 39.0 Å². The SMILES string of the molecule is Cc1cc(-n2c(C)cc(/C=C3\SC(=O)N(Cc4ccc([N+](=O)[O-])cc4)C3=O)c2C)ccc1Br. The van der Waals surface area contributed by atoms with Gasteiger partial charge in [0.05, 0.1) is 16.4 Å². The fourth-order valence-corrected chi connectivity index (χ4v) is 4.86. The Morgan fingerprint density at radius 1 is 1.06 bits per heavy atom. The Labute approximate surface area is 203 Å². The van der Waals surface area contributed by atoms with Gasteiger partial charge in [-0.1, -0.05) is 28.1 Å². The molecule has 0 spiro atoms. The number of aryl methyl sites for hydroxylation is 2. The zero-order valence-electron chi connectivity index (χ0n) is 18.2. The van der Waals surface area contributed by atoms with Gasteiger partial charge in [-0.15, -0.1) is 0 Å². The van der Waals surface area contributed by atoms with Crippen LogP contribution in [0.2, 0.25) is 0 Å². The molecule has 168 valence electrons. The number of carbonyl (C=O) groups excluding carboxylic acids is 2. The number of benzene rings is 2. The average Bonchev–Trinajstić information content (AvgIpc) is 3.20. The summed E-state index contributed by atoms with van der Waals surface area (Å²) in [5, 5.41) is 10.5. The molecule has 0 unspecified atom stereocenters. The van der Waals surface area contributed by atoms with Gasteiger partial charge in [-0.05, 0) is 79.6 Å². The Hall–Kier alpha value is -3.17. The van der Waals surface area contributed by atoms with Crippen molar-refractivity contribution in [2.24, 2.45) is 0 Å². The summed E-state index contributed by atoms with van der Waals surface area (Å²) in [6.07, 6.45) is 1.76. The lowest BCUT2D eigenvalue weighted by molar-refractivity contribution is -0.384. The van der Waals surface area contributed by atoms with Gasteiger partial charge in [0.1, 0.15) is 0 Å². The van der Waals surface area contributed by atoms with Crippen LogP contribution in [0.4, 0.5) is 10.5 Å². The molecule has 4 rings (SSSR count). The third-order valence-corrected chi connectivity index (χ3v) is 7.32. The predicted molar refractivity (Wildman–Crippen MR) is 132 cm³/mol. The number of non-ortho nitro benzene ring substituents is 1. The molecule has 0 atom stereocenters. The molecule has 7 nitrogen and oxygen atoms in total. The highest BCUT2D eigenvalue weighted by atomic mass is 79.9. The first-order chi connectivity index (χ1) is 15.7. The van der Waals surface area contributed by atoms with Gasteiger partial charge < -0.3 is 4.57 Å². The molecule has 0 N–H and O–H groups in total. The molecule has 1 aliphatic heterocycles. The number of halogens is 1. The summed E-state index contributed by atoms with van der Waals surface area (Å²) in [6.45, 7) is 6.08. The highest BCUT2D eigenvalue weighted by Crippen LogP contribution is 2.35. The fraction of sp³-hybridized carbons (Fsp3) is 0.167. The summed E-state index contributed by atoms with van der Waals surface area (Å²) in [5.74, 6) is -0.368. The molecule has 0 radical (unpaired) electrons. The molecule has 1 aliphatic rings. The molecular formula is C24H20BrN3O4S. The van der Waals surface area contributed by atoms with Crippen LogP contribution in [0.15, 0.2) is 57.9 Å². The molecule has 1 saturated heterocycles. The number of nitrogens with zero attached hydrogens (tertiary/aromatic N) is 3. The Morgan fingerprint density at radius 3 is 2.39 bits per heavy atom. The number of rotatable bonds is 5. The third kappa shape index (κ3) is 4.51. The molecule has 9 heteroatoms. The van der Waals surface area contributed by atoms with Crippen LogP contribution in [0.25, 0.3) is 11.8 Å². The first kappa shape index (κ1) is 23.0. The maximum absolute atomic E-state index is 13.0. The topological polar surface area (TPSA) is 85.4 Å². The van der Waals surface area contributed by atoms with Gasteiger partial charge in [-0.2, -0.15) is 0 Å². The number of amides is 2. The van der Waals surface area contributed by atoms with Crippen molar-refractivity contribution >= 4 is 50.6 Å². The van der Waals surface area contributed by atoms with Crippen LogP contribution in [0.1, 0.15) is 28.1 Å². The molecule has 0 bridgehead atoms. The van der Waals surface area contributed by atoms with E-state index in [0.717, 1.165) is 49.3 Å². The van der Waals surface area contributed by atoms with Crippen molar-refractivity contribution in [2.45, 2.75) is 27.3 Å². The molecule has 2 amide bonds. The van der Waals surface area contributed by atoms with Crippen LogP contribution < -0.4 is 0 Å². The molecule has 2 aromatic carbocycles. The molecule has 33 heavy (non-hydrogen) atoms. The standard InChI is InChI=1S/C24H20BrN3O4S/c1-14-10-20(8-9-21(14)25)27-15(2)11-18(16(27)3)12-22-23(29)26(24(30)33-22)13-17-4-6-19(7-5-17)28(31)32/h4-12H,13H2,1-3H3/b22-12-. The molecule has 0 aliphatic carbocycles. The lowest BCUT2D eigenvalue weighted by Gasteiger charge is -2.12. The second-order valence-corrected chi connectivity index (χ2v) is 9.63. The second kappa shape index (κ2) is 8.99. The first-order valence-corrected chi connectivity index (χ1v) is 11.7. The summed E-state index contributed by atoms with van der Waals surface area (Å²) in [5.41, 5.74) is 5.61. The second-order valence-electron chi connectivity index (χ2n) is 7.79. The van der Waals surface area contributed by atoms with Crippen LogP contribution in [0.5, 0.6) is 0 Å². The summed E-state index contributed by atoms with van der Waals surface area (Å²) in [4.78, 5) is 37.3. The van der Waals surface area contributed by atoms with Crippen molar-refractivity contribution in [3.05, 3.63) is 96.1 Å². The Balaban J connectivity index is 1.60. The van der Waals surface area contributed by atoms with Crippen molar-refractivity contribution in [2.75, 3.05) is 0 Å². The van der Waals surface area contributed by atoms with E-state index in [9.17, 15) is 19.7 Å². The van der Waals surface area contributed by atoms with E-state index in [4.69, 9.17) is 0 Å². The highest BCUT2D eigenvalue weighted by molar-refractivity contribution is 9.10. The van der Waals surface area contributed by atoms with Crippen LogP contribution >= 0.6 is 27.7 Å². The molecule has 2 heterocycles. The molecule has 3 aromatic rings. The van der Waals surface area contributed by atoms with E-state index in [2.05, 4.69) is 26.6 Å². The number of hydrogen-bond acceptors (Lipinski definition) is 5. The van der Waals surface area contributed by atoms with Gasteiger partial charge in [0.15, 0.2) is 0 Å². The van der Waals surface area contributed by atoms with Crippen molar-refractivity contribution < 1.29 is 14.5 Å². The number of nitro groups is 1. The normalized spacial score (nSPS) is 15.0. The minimum atomic E-state index is -0.487. The highest BCUT2D eigenvalue weighted by Gasteiger charge is 2.35. The lowest BCUT2D eigenvalue weighted by atomic mass is 10.2. The quantitative estimate of drug-likeness (QED) is 0.221. The van der Waals surface area contributed by atoms with Crippen molar-refractivity contribution in [1.29, 1.82) is 0 Å². The first-order valence-electron chi connectivity index (χ1n) is 10.1. The van der Waals surface area contributed by atoms with Gasteiger partial charge in [-0.25, -0.2) is 0 Å². The minimum absolute atomic E-state index is 0.0379. The Bertz CT molecular complexity index is 1330. The average molecular weight is 526 g/mol. The van der Waals surface area contributed by atoms with E-state index >= 15 is 0 Å². The zero-order chi connectivity index (χ0) is 23.9. The number of aromatic nitrogens is 1. The van der Waals surface area contributed by atoms with Crippen molar-refractivity contribution in [3.8, 4) is 5.69 Å². The summed E-state index contributed by atoms with van der Waals surface area (Å²) < 4.78 is 3.16. The van der Waals surface area contributed by atoms with E-state index in [1.165, 1.54) is 12.1 Å². The summed E-state index contributed by atoms with van der Waals surface area (Å²) in [6, 6.07) is 14.0. The molecule has 0 saturated carbocycles. The largest absolute Gasteiger partial charge is 0.318 e.